The van der Waals surface area contributed by atoms with Gasteiger partial charge in [0, 0.05) is 48.9 Å². The van der Waals surface area contributed by atoms with Gasteiger partial charge in [0.25, 0.3) is 0 Å². The fraction of sp³-hybridized carbons (Fsp3) is 0.625. The second-order valence-electron chi connectivity index (χ2n) is 10.2. The van der Waals surface area contributed by atoms with E-state index in [1.165, 1.54) is 4.90 Å². The zero-order chi connectivity index (χ0) is 24.1. The van der Waals surface area contributed by atoms with Crippen molar-refractivity contribution in [1.82, 2.24) is 9.88 Å². The summed E-state index contributed by atoms with van der Waals surface area (Å²) in [4.78, 5) is 16.8. The molecule has 2 heterocycles. The number of likely N-dealkylation sites (tertiary alicyclic amines) is 1. The number of carbonyl (C=O) groups is 1. The van der Waals surface area contributed by atoms with Gasteiger partial charge in [0.15, 0.2) is 0 Å². The summed E-state index contributed by atoms with van der Waals surface area (Å²) < 4.78 is 69.9. The molecule has 1 aromatic heterocycles. The third-order valence-electron chi connectivity index (χ3n) is 7.49. The molecular weight excluding hydrogens is 457 g/mol. The molecule has 5 nitrogen and oxygen atoms in total. The first-order valence-corrected chi connectivity index (χ1v) is 11.8. The van der Waals surface area contributed by atoms with Crippen LogP contribution in [-0.2, 0) is 4.79 Å². The van der Waals surface area contributed by atoms with Crippen molar-refractivity contribution in [2.45, 2.75) is 44.2 Å². The Kier molecular flexibility index (Phi) is 5.98. The number of hydrogen-bond donors (Lipinski definition) is 2. The number of nitrogens with zero attached hydrogens (tertiary/aromatic N) is 1. The first-order valence-electron chi connectivity index (χ1n) is 11.8. The number of nitrogens with one attached hydrogen (secondary N) is 2. The second kappa shape index (κ2) is 8.70. The zero-order valence-electron chi connectivity index (χ0n) is 18.6. The molecule has 3 aliphatic rings. The maximum atomic E-state index is 13.1. The van der Waals surface area contributed by atoms with E-state index in [0.29, 0.717) is 48.9 Å². The van der Waals surface area contributed by atoms with E-state index in [-0.39, 0.29) is 0 Å². The Morgan fingerprint density at radius 1 is 1.18 bits per heavy atom. The number of H-pyrrole nitrogens is 1. The molecule has 3 atom stereocenters. The minimum atomic E-state index is -4.14. The van der Waals surface area contributed by atoms with Crippen LogP contribution in [0.15, 0.2) is 24.4 Å². The average Bonchev–Trinajstić information content (AvgIpc) is 3.38. The molecule has 0 radical (unpaired) electrons. The average molecular weight is 485 g/mol. The van der Waals surface area contributed by atoms with E-state index in [0.717, 1.165) is 30.2 Å². The summed E-state index contributed by atoms with van der Waals surface area (Å²) in [5.41, 5.74) is 1.33. The quantitative estimate of drug-likeness (QED) is 0.514. The minimum Gasteiger partial charge on any atom is -0.494 e. The second-order valence-corrected chi connectivity index (χ2v) is 10.2. The van der Waals surface area contributed by atoms with Crippen LogP contribution < -0.4 is 10.1 Å². The van der Waals surface area contributed by atoms with Gasteiger partial charge in [0.05, 0.1) is 18.8 Å². The number of benzene rings is 1. The fourth-order valence-electron chi connectivity index (χ4n) is 5.86. The summed E-state index contributed by atoms with van der Waals surface area (Å²) in [6.07, 6.45) is -0.608. The maximum Gasteiger partial charge on any atom is 0.401 e. The Hall–Kier alpha value is -2.36. The Balaban J connectivity index is 1.10. The van der Waals surface area contributed by atoms with Crippen molar-refractivity contribution in [3.8, 4) is 5.75 Å². The van der Waals surface area contributed by atoms with Crippen molar-refractivity contribution in [3.63, 3.8) is 0 Å². The lowest BCUT2D eigenvalue weighted by Crippen LogP contribution is -2.42. The van der Waals surface area contributed by atoms with Crippen LogP contribution in [0, 0.1) is 23.7 Å². The van der Waals surface area contributed by atoms with Gasteiger partial charge in [0.1, 0.15) is 5.75 Å². The van der Waals surface area contributed by atoms with Crippen LogP contribution in [0.5, 0.6) is 5.75 Å². The number of carbonyl (C=O) groups excluding carboxylic acids is 1. The summed E-state index contributed by atoms with van der Waals surface area (Å²) in [5, 5.41) is 3.49. The molecular formula is C24H28F5N3O2. The molecule has 34 heavy (non-hydrogen) atoms. The highest BCUT2D eigenvalue weighted by atomic mass is 19.4. The van der Waals surface area contributed by atoms with Crippen LogP contribution in [0.3, 0.4) is 0 Å². The highest BCUT2D eigenvalue weighted by Gasteiger charge is 2.48. The van der Waals surface area contributed by atoms with Gasteiger partial charge >= 0.3 is 6.18 Å². The lowest BCUT2D eigenvalue weighted by molar-refractivity contribution is -0.145. The number of anilines is 1. The number of hydrogen-bond acceptors (Lipinski definition) is 3. The first-order chi connectivity index (χ1) is 16.0. The van der Waals surface area contributed by atoms with E-state index in [4.69, 9.17) is 4.74 Å². The summed E-state index contributed by atoms with van der Waals surface area (Å²) in [6, 6.07) is 5.48. The topological polar surface area (TPSA) is 57.4 Å². The molecule has 2 saturated carbocycles. The maximum absolute atomic E-state index is 13.1. The standard InChI is InChI=1S/C24H28F5N3O2/c25-23(26)8-17(9-23)22(33)31-21-10-30-20-2-1-18(7-19(20)21)34-4-3-14-5-15-11-32(12-16(15)6-14)13-24(27,28)29/h1-2,7,10,14-17,30H,3-6,8-9,11-13H2,(H,31,33)/t14-,15-,16+. The normalized spacial score (nSPS) is 27.0. The molecule has 5 rings (SSSR count). The molecule has 3 fully saturated rings. The Morgan fingerprint density at radius 2 is 1.88 bits per heavy atom. The van der Waals surface area contributed by atoms with Crippen molar-refractivity contribution in [1.29, 1.82) is 0 Å². The number of aromatic amines is 1. The monoisotopic (exact) mass is 485 g/mol. The summed E-state index contributed by atoms with van der Waals surface area (Å²) in [5.74, 6) is -2.05. The van der Waals surface area contributed by atoms with Gasteiger partial charge in [-0.25, -0.2) is 8.78 Å². The van der Waals surface area contributed by atoms with Crippen LogP contribution in [0.25, 0.3) is 10.9 Å². The third kappa shape index (κ3) is 5.16. The highest BCUT2D eigenvalue weighted by Crippen LogP contribution is 2.44. The molecule has 2 aromatic rings. The summed E-state index contributed by atoms with van der Waals surface area (Å²) in [7, 11) is 0. The summed E-state index contributed by atoms with van der Waals surface area (Å²) >= 11 is 0. The molecule has 1 saturated heterocycles. The van der Waals surface area contributed by atoms with Crippen LogP contribution >= 0.6 is 0 Å². The Labute approximate surface area is 194 Å². The molecule has 10 heteroatoms. The van der Waals surface area contributed by atoms with E-state index in [9.17, 15) is 26.7 Å². The van der Waals surface area contributed by atoms with Gasteiger partial charge in [-0.15, -0.1) is 0 Å². The van der Waals surface area contributed by atoms with Gasteiger partial charge in [-0.05, 0) is 55.2 Å². The largest absolute Gasteiger partial charge is 0.494 e. The molecule has 1 amide bonds. The summed E-state index contributed by atoms with van der Waals surface area (Å²) in [6.45, 7) is 0.744. The molecule has 2 N–H and O–H groups in total. The molecule has 0 unspecified atom stereocenters. The van der Waals surface area contributed by atoms with E-state index in [2.05, 4.69) is 10.3 Å². The number of amides is 1. The van der Waals surface area contributed by atoms with Crippen LogP contribution in [0.1, 0.15) is 32.1 Å². The SMILES string of the molecule is O=C(Nc1c[nH]c2ccc(OCC[C@@H]3C[C@@H]4CN(CC(F)(F)F)C[C@@H]4C3)cc12)C1CC(F)(F)C1. The van der Waals surface area contributed by atoms with Crippen LogP contribution in [0.4, 0.5) is 27.6 Å². The smallest absolute Gasteiger partial charge is 0.401 e. The molecule has 0 spiro atoms. The van der Waals surface area contributed by atoms with Gasteiger partial charge < -0.3 is 15.0 Å². The number of ether oxygens (including phenoxy) is 1. The third-order valence-corrected chi connectivity index (χ3v) is 7.49. The van der Waals surface area contributed by atoms with Crippen molar-refractivity contribution < 1.29 is 31.5 Å². The number of halogens is 5. The molecule has 2 aliphatic carbocycles. The lowest BCUT2D eigenvalue weighted by atomic mass is 9.81. The zero-order valence-corrected chi connectivity index (χ0v) is 18.6. The van der Waals surface area contributed by atoms with E-state index in [1.807, 2.05) is 18.2 Å². The van der Waals surface area contributed by atoms with Crippen molar-refractivity contribution in [2.24, 2.45) is 23.7 Å². The van der Waals surface area contributed by atoms with E-state index < -0.39 is 43.3 Å². The van der Waals surface area contributed by atoms with Gasteiger partial charge in [-0.2, -0.15) is 13.2 Å². The van der Waals surface area contributed by atoms with Crippen LogP contribution in [0.2, 0.25) is 0 Å². The predicted molar refractivity (Wildman–Crippen MR) is 117 cm³/mol. The minimum absolute atomic E-state index is 0.338. The molecule has 186 valence electrons. The van der Waals surface area contributed by atoms with Gasteiger partial charge in [-0.1, -0.05) is 0 Å². The van der Waals surface area contributed by atoms with Gasteiger partial charge in [0.2, 0.25) is 11.8 Å². The number of aromatic nitrogens is 1. The van der Waals surface area contributed by atoms with Crippen LogP contribution in [-0.4, -0.2) is 54.1 Å². The van der Waals surface area contributed by atoms with E-state index >= 15 is 0 Å². The highest BCUT2D eigenvalue weighted by molar-refractivity contribution is 6.03. The predicted octanol–water partition coefficient (Wildman–Crippen LogP) is 5.44. The molecule has 1 aromatic carbocycles. The lowest BCUT2D eigenvalue weighted by Gasteiger charge is -2.33. The van der Waals surface area contributed by atoms with Gasteiger partial charge in [-0.3, -0.25) is 9.69 Å². The molecule has 1 aliphatic heterocycles. The number of alkyl halides is 5. The number of fused-ring (bicyclic) bond motifs is 2. The van der Waals surface area contributed by atoms with Crippen molar-refractivity contribution >= 4 is 22.5 Å². The Morgan fingerprint density at radius 3 is 2.53 bits per heavy atom. The van der Waals surface area contributed by atoms with Crippen molar-refractivity contribution in [3.05, 3.63) is 24.4 Å². The Bertz CT molecular complexity index is 1030. The number of rotatable bonds is 7. The van der Waals surface area contributed by atoms with Crippen molar-refractivity contribution in [2.75, 3.05) is 31.6 Å². The van der Waals surface area contributed by atoms with E-state index in [1.54, 1.807) is 6.20 Å². The fourth-order valence-corrected chi connectivity index (χ4v) is 5.86. The molecule has 0 bridgehead atoms. The first kappa shape index (κ1) is 23.4.